The molecular formula is C24H20Cl3N3O3. The molecule has 0 saturated heterocycles. The highest BCUT2D eigenvalue weighted by molar-refractivity contribution is 6.35. The van der Waals surface area contributed by atoms with Crippen LogP contribution < -0.4 is 10.1 Å². The highest BCUT2D eigenvalue weighted by Crippen LogP contribution is 2.28. The minimum atomic E-state index is -0.380. The molecule has 1 N–H and O–H groups in total. The Bertz CT molecular complexity index is 1310. The first-order chi connectivity index (χ1) is 15.8. The molecule has 2 aromatic carbocycles. The van der Waals surface area contributed by atoms with Crippen molar-refractivity contribution in [1.82, 2.24) is 9.78 Å². The maximum Gasteiger partial charge on any atom is 0.291 e. The van der Waals surface area contributed by atoms with E-state index in [-0.39, 0.29) is 18.3 Å². The lowest BCUT2D eigenvalue weighted by molar-refractivity contribution is 0.0992. The Kier molecular flexibility index (Phi) is 6.98. The van der Waals surface area contributed by atoms with Crippen LogP contribution in [0, 0.1) is 13.8 Å². The van der Waals surface area contributed by atoms with Crippen LogP contribution in [0.15, 0.2) is 59.0 Å². The smallest absolute Gasteiger partial charge is 0.291 e. The molecule has 0 unspecified atom stereocenters. The molecule has 0 aliphatic carbocycles. The molecule has 2 heterocycles. The van der Waals surface area contributed by atoms with Gasteiger partial charge < -0.3 is 14.5 Å². The van der Waals surface area contributed by atoms with Gasteiger partial charge in [0.2, 0.25) is 0 Å². The van der Waals surface area contributed by atoms with Crippen LogP contribution in [0.5, 0.6) is 5.75 Å². The molecule has 0 bridgehead atoms. The Hall–Kier alpha value is -2.93. The number of ether oxygens (including phenoxy) is 1. The number of hydrogen-bond acceptors (Lipinski definition) is 4. The summed E-state index contributed by atoms with van der Waals surface area (Å²) < 4.78 is 13.1. The summed E-state index contributed by atoms with van der Waals surface area (Å²) in [5, 5.41) is 9.02. The van der Waals surface area contributed by atoms with Gasteiger partial charge in [-0.2, -0.15) is 5.10 Å². The van der Waals surface area contributed by atoms with E-state index >= 15 is 0 Å². The van der Waals surface area contributed by atoms with Crippen molar-refractivity contribution < 1.29 is 13.9 Å². The van der Waals surface area contributed by atoms with E-state index < -0.39 is 0 Å². The second kappa shape index (κ2) is 9.91. The van der Waals surface area contributed by atoms with Gasteiger partial charge >= 0.3 is 0 Å². The van der Waals surface area contributed by atoms with E-state index in [4.69, 9.17) is 44.0 Å². The summed E-state index contributed by atoms with van der Waals surface area (Å²) in [4.78, 5) is 12.8. The van der Waals surface area contributed by atoms with Crippen LogP contribution in [0.3, 0.4) is 0 Å². The fourth-order valence-electron chi connectivity index (χ4n) is 3.31. The van der Waals surface area contributed by atoms with E-state index in [9.17, 15) is 4.79 Å². The summed E-state index contributed by atoms with van der Waals surface area (Å²) >= 11 is 18.3. The number of halogens is 3. The van der Waals surface area contributed by atoms with Crippen LogP contribution >= 0.6 is 34.8 Å². The number of anilines is 1. The quantitative estimate of drug-likeness (QED) is 0.296. The van der Waals surface area contributed by atoms with Gasteiger partial charge in [-0.1, -0.05) is 53.0 Å². The molecule has 1 amide bonds. The largest absolute Gasteiger partial charge is 0.484 e. The fraction of sp³-hybridized carbons (Fsp3) is 0.167. The van der Waals surface area contributed by atoms with Gasteiger partial charge in [0, 0.05) is 10.0 Å². The van der Waals surface area contributed by atoms with Gasteiger partial charge in [-0.15, -0.1) is 0 Å². The van der Waals surface area contributed by atoms with Crippen molar-refractivity contribution in [3.05, 3.63) is 98.1 Å². The molecule has 4 rings (SSSR count). The van der Waals surface area contributed by atoms with Gasteiger partial charge in [0.1, 0.15) is 18.1 Å². The van der Waals surface area contributed by atoms with E-state index in [1.165, 1.54) is 0 Å². The highest BCUT2D eigenvalue weighted by Gasteiger charge is 2.18. The topological polar surface area (TPSA) is 69.3 Å². The predicted octanol–water partition coefficient (Wildman–Crippen LogP) is 6.93. The van der Waals surface area contributed by atoms with Crippen LogP contribution in [0.4, 0.5) is 5.69 Å². The van der Waals surface area contributed by atoms with E-state index in [1.807, 2.05) is 42.8 Å². The number of carbonyl (C=O) groups is 1. The molecule has 0 aliphatic heterocycles. The molecule has 6 nitrogen and oxygen atoms in total. The zero-order chi connectivity index (χ0) is 23.5. The molecule has 2 aromatic heterocycles. The summed E-state index contributed by atoms with van der Waals surface area (Å²) in [5.41, 5.74) is 3.09. The third kappa shape index (κ3) is 5.36. The molecular weight excluding hydrogens is 485 g/mol. The number of amides is 1. The Balaban J connectivity index is 1.43. The van der Waals surface area contributed by atoms with Crippen molar-refractivity contribution in [3.63, 3.8) is 0 Å². The zero-order valence-corrected chi connectivity index (χ0v) is 20.1. The van der Waals surface area contributed by atoms with Gasteiger partial charge in [0.25, 0.3) is 5.91 Å². The van der Waals surface area contributed by atoms with Gasteiger partial charge in [-0.3, -0.25) is 9.48 Å². The van der Waals surface area contributed by atoms with Crippen LogP contribution in [-0.4, -0.2) is 15.7 Å². The summed E-state index contributed by atoms with van der Waals surface area (Å²) in [6.07, 6.45) is 0. The number of aromatic nitrogens is 2. The summed E-state index contributed by atoms with van der Waals surface area (Å²) in [6.45, 7) is 4.34. The fourth-order valence-corrected chi connectivity index (χ4v) is 3.97. The minimum absolute atomic E-state index is 0.114. The first-order valence-corrected chi connectivity index (χ1v) is 11.2. The maximum atomic E-state index is 12.8. The van der Waals surface area contributed by atoms with Crippen molar-refractivity contribution in [2.24, 2.45) is 0 Å². The Morgan fingerprint density at radius 3 is 2.61 bits per heavy atom. The number of benzene rings is 2. The highest BCUT2D eigenvalue weighted by atomic mass is 35.5. The number of aryl methyl sites for hydroxylation is 1. The Morgan fingerprint density at radius 1 is 1.06 bits per heavy atom. The van der Waals surface area contributed by atoms with Crippen molar-refractivity contribution in [1.29, 1.82) is 0 Å². The lowest BCUT2D eigenvalue weighted by atomic mass is 10.2. The Morgan fingerprint density at radius 2 is 1.85 bits per heavy atom. The average molecular weight is 505 g/mol. The lowest BCUT2D eigenvalue weighted by Crippen LogP contribution is -2.12. The van der Waals surface area contributed by atoms with Crippen LogP contribution in [0.1, 0.15) is 33.3 Å². The van der Waals surface area contributed by atoms with Crippen molar-refractivity contribution in [2.45, 2.75) is 27.0 Å². The first-order valence-electron chi connectivity index (χ1n) is 10.1. The molecule has 33 heavy (non-hydrogen) atoms. The van der Waals surface area contributed by atoms with Gasteiger partial charge in [0.05, 0.1) is 28.6 Å². The standard InChI is InChI=1S/C24H20Cl3N3O3/c1-14-23(15(2)30(29-14)12-16-5-3-4-6-19(16)26)28-24(31)22-10-8-18(33-22)13-32-21-9-7-17(25)11-20(21)27/h3-11H,12-13H2,1-2H3,(H,28,31). The molecule has 4 aromatic rings. The number of furan rings is 1. The molecule has 0 saturated carbocycles. The molecule has 0 atom stereocenters. The van der Waals surface area contributed by atoms with Crippen molar-refractivity contribution in [2.75, 3.05) is 5.32 Å². The number of nitrogens with zero attached hydrogens (tertiary/aromatic N) is 2. The van der Waals surface area contributed by atoms with E-state index in [0.29, 0.717) is 44.5 Å². The SMILES string of the molecule is Cc1nn(Cc2ccccc2Cl)c(C)c1NC(=O)c1ccc(COc2ccc(Cl)cc2Cl)o1. The lowest BCUT2D eigenvalue weighted by Gasteiger charge is -2.08. The molecule has 170 valence electrons. The molecule has 0 radical (unpaired) electrons. The van der Waals surface area contributed by atoms with Crippen LogP contribution in [0.2, 0.25) is 15.1 Å². The number of rotatable bonds is 7. The monoisotopic (exact) mass is 503 g/mol. The van der Waals surface area contributed by atoms with Gasteiger partial charge in [0.15, 0.2) is 5.76 Å². The summed E-state index contributed by atoms with van der Waals surface area (Å²) in [5.74, 6) is 0.734. The normalized spacial score (nSPS) is 10.9. The van der Waals surface area contributed by atoms with Crippen molar-refractivity contribution in [3.8, 4) is 5.75 Å². The summed E-state index contributed by atoms with van der Waals surface area (Å²) in [7, 11) is 0. The number of hydrogen-bond donors (Lipinski definition) is 1. The molecule has 0 spiro atoms. The van der Waals surface area contributed by atoms with E-state index in [1.54, 1.807) is 30.3 Å². The molecule has 9 heteroatoms. The average Bonchev–Trinajstić information content (AvgIpc) is 3.35. The third-order valence-corrected chi connectivity index (χ3v) is 5.95. The second-order valence-corrected chi connectivity index (χ2v) is 8.63. The zero-order valence-electron chi connectivity index (χ0n) is 17.9. The van der Waals surface area contributed by atoms with E-state index in [0.717, 1.165) is 11.3 Å². The predicted molar refractivity (Wildman–Crippen MR) is 130 cm³/mol. The third-order valence-electron chi connectivity index (χ3n) is 5.05. The Labute approximate surface area is 206 Å². The van der Waals surface area contributed by atoms with Gasteiger partial charge in [-0.25, -0.2) is 0 Å². The maximum absolute atomic E-state index is 12.8. The number of carbonyl (C=O) groups excluding carboxylic acids is 1. The molecule has 0 aliphatic rings. The second-order valence-electron chi connectivity index (χ2n) is 7.38. The van der Waals surface area contributed by atoms with Crippen molar-refractivity contribution >= 4 is 46.4 Å². The first kappa shape index (κ1) is 23.2. The number of nitrogens with one attached hydrogen (secondary N) is 1. The molecule has 0 fully saturated rings. The van der Waals surface area contributed by atoms with Crippen LogP contribution in [-0.2, 0) is 13.2 Å². The minimum Gasteiger partial charge on any atom is -0.484 e. The van der Waals surface area contributed by atoms with Gasteiger partial charge in [-0.05, 0) is 55.8 Å². The summed E-state index contributed by atoms with van der Waals surface area (Å²) in [6, 6.07) is 15.8. The van der Waals surface area contributed by atoms with Crippen LogP contribution in [0.25, 0.3) is 0 Å². The van der Waals surface area contributed by atoms with E-state index in [2.05, 4.69) is 10.4 Å².